The van der Waals surface area contributed by atoms with Gasteiger partial charge in [0.15, 0.2) is 0 Å². The highest BCUT2D eigenvalue weighted by Gasteiger charge is 2.30. The van der Waals surface area contributed by atoms with Crippen molar-refractivity contribution in [3.8, 4) is 0 Å². The van der Waals surface area contributed by atoms with Gasteiger partial charge in [-0.15, -0.1) is 0 Å². The third-order valence-corrected chi connectivity index (χ3v) is 4.00. The van der Waals surface area contributed by atoms with E-state index in [1.165, 1.54) is 18.2 Å². The van der Waals surface area contributed by atoms with Crippen LogP contribution in [0.5, 0.6) is 0 Å². The summed E-state index contributed by atoms with van der Waals surface area (Å²) in [6.07, 6.45) is -4.48. The van der Waals surface area contributed by atoms with Gasteiger partial charge in [0.05, 0.1) is 12.1 Å². The highest BCUT2D eigenvalue weighted by molar-refractivity contribution is 6.02. The van der Waals surface area contributed by atoms with Gasteiger partial charge < -0.3 is 5.32 Å². The molecular formula is C20H16F3N3O2. The number of nitrogens with one attached hydrogen (secondary N) is 1. The van der Waals surface area contributed by atoms with Crippen LogP contribution in [0.3, 0.4) is 0 Å². The summed E-state index contributed by atoms with van der Waals surface area (Å²) >= 11 is 0. The number of carbonyl (C=O) groups excluding carboxylic acids is 1. The Morgan fingerprint density at radius 2 is 1.79 bits per heavy atom. The zero-order chi connectivity index (χ0) is 20.3. The van der Waals surface area contributed by atoms with Crippen molar-refractivity contribution in [2.75, 3.05) is 5.32 Å². The van der Waals surface area contributed by atoms with Crippen molar-refractivity contribution in [2.45, 2.75) is 19.6 Å². The number of anilines is 1. The number of nitrogens with zero attached hydrogens (tertiary/aromatic N) is 2. The number of amides is 1. The predicted octanol–water partition coefficient (Wildman–Crippen LogP) is 3.87. The van der Waals surface area contributed by atoms with E-state index in [4.69, 9.17) is 0 Å². The number of alkyl halides is 3. The molecule has 1 N–H and O–H groups in total. The van der Waals surface area contributed by atoms with Gasteiger partial charge in [-0.25, -0.2) is 4.68 Å². The highest BCUT2D eigenvalue weighted by atomic mass is 19.4. The second kappa shape index (κ2) is 7.67. The monoisotopic (exact) mass is 387 g/mol. The fraction of sp³-hybridized carbons (Fsp3) is 0.150. The van der Waals surface area contributed by atoms with E-state index >= 15 is 0 Å². The summed E-state index contributed by atoms with van der Waals surface area (Å²) < 4.78 is 39.5. The average molecular weight is 387 g/mol. The zero-order valence-corrected chi connectivity index (χ0v) is 14.8. The molecule has 1 aromatic heterocycles. The molecule has 0 aliphatic heterocycles. The van der Waals surface area contributed by atoms with Crippen LogP contribution >= 0.6 is 0 Å². The summed E-state index contributed by atoms with van der Waals surface area (Å²) in [7, 11) is 0. The van der Waals surface area contributed by atoms with Crippen molar-refractivity contribution in [1.82, 2.24) is 9.78 Å². The Balaban J connectivity index is 1.83. The fourth-order valence-corrected chi connectivity index (χ4v) is 2.53. The van der Waals surface area contributed by atoms with Crippen molar-refractivity contribution in [3.05, 3.63) is 93.4 Å². The molecule has 8 heteroatoms. The molecule has 0 aliphatic carbocycles. The van der Waals surface area contributed by atoms with E-state index < -0.39 is 23.2 Å². The molecule has 0 aliphatic rings. The normalized spacial score (nSPS) is 11.3. The number of benzene rings is 2. The van der Waals surface area contributed by atoms with Crippen molar-refractivity contribution in [3.63, 3.8) is 0 Å². The van der Waals surface area contributed by atoms with Crippen LogP contribution in [0.25, 0.3) is 0 Å². The van der Waals surface area contributed by atoms with Gasteiger partial charge >= 0.3 is 6.18 Å². The molecule has 0 radical (unpaired) electrons. The number of hydrogen-bond acceptors (Lipinski definition) is 3. The van der Waals surface area contributed by atoms with E-state index in [9.17, 15) is 22.8 Å². The number of aromatic nitrogens is 2. The summed E-state index contributed by atoms with van der Waals surface area (Å²) in [6, 6.07) is 14.2. The SMILES string of the molecule is Cc1ccc(NC(=O)c2ccc(=O)n(Cc3cccc(C(F)(F)F)c3)n2)cc1. The molecule has 0 bridgehead atoms. The molecule has 2 aromatic carbocycles. The van der Waals surface area contributed by atoms with Gasteiger partial charge in [0.2, 0.25) is 0 Å². The van der Waals surface area contributed by atoms with E-state index in [1.807, 2.05) is 19.1 Å². The third-order valence-electron chi connectivity index (χ3n) is 4.00. The number of aryl methyl sites for hydroxylation is 1. The van der Waals surface area contributed by atoms with Crippen molar-refractivity contribution in [2.24, 2.45) is 0 Å². The van der Waals surface area contributed by atoms with E-state index in [2.05, 4.69) is 10.4 Å². The lowest BCUT2D eigenvalue weighted by Crippen LogP contribution is -2.26. The van der Waals surface area contributed by atoms with Crippen molar-refractivity contribution >= 4 is 11.6 Å². The standard InChI is InChI=1S/C20H16F3N3O2/c1-13-5-7-16(8-6-13)24-19(28)17-9-10-18(27)26(25-17)12-14-3-2-4-15(11-14)20(21,22)23/h2-11H,12H2,1H3,(H,24,28). The lowest BCUT2D eigenvalue weighted by Gasteiger charge is -2.10. The summed E-state index contributed by atoms with van der Waals surface area (Å²) in [4.78, 5) is 24.4. The first kappa shape index (κ1) is 19.3. The molecule has 5 nitrogen and oxygen atoms in total. The second-order valence-corrected chi connectivity index (χ2v) is 6.23. The first-order valence-electron chi connectivity index (χ1n) is 8.35. The topological polar surface area (TPSA) is 64.0 Å². The first-order chi connectivity index (χ1) is 13.2. The molecule has 0 spiro atoms. The molecule has 3 aromatic rings. The highest BCUT2D eigenvalue weighted by Crippen LogP contribution is 2.29. The van der Waals surface area contributed by atoms with Gasteiger partial charge in [0, 0.05) is 11.8 Å². The van der Waals surface area contributed by atoms with Crippen molar-refractivity contribution < 1.29 is 18.0 Å². The van der Waals surface area contributed by atoms with Gasteiger partial charge in [-0.1, -0.05) is 29.8 Å². The molecule has 144 valence electrons. The predicted molar refractivity (Wildman–Crippen MR) is 98.2 cm³/mol. The van der Waals surface area contributed by atoms with Gasteiger partial charge in [0.25, 0.3) is 11.5 Å². The van der Waals surface area contributed by atoms with Crippen LogP contribution in [0.1, 0.15) is 27.2 Å². The maximum absolute atomic E-state index is 12.9. The molecule has 3 rings (SSSR count). The molecule has 0 unspecified atom stereocenters. The Hall–Kier alpha value is -3.42. The molecular weight excluding hydrogens is 371 g/mol. The minimum Gasteiger partial charge on any atom is -0.321 e. The van der Waals surface area contributed by atoms with E-state index in [1.54, 1.807) is 12.1 Å². The number of carbonyl (C=O) groups is 1. The van der Waals surface area contributed by atoms with E-state index in [0.717, 1.165) is 28.4 Å². The molecule has 0 saturated heterocycles. The van der Waals surface area contributed by atoms with Gasteiger partial charge in [-0.2, -0.15) is 18.3 Å². The molecule has 0 atom stereocenters. The molecule has 0 fully saturated rings. The van der Waals surface area contributed by atoms with Crippen LogP contribution < -0.4 is 10.9 Å². The minimum atomic E-state index is -4.48. The van der Waals surface area contributed by atoms with E-state index in [-0.39, 0.29) is 17.8 Å². The Morgan fingerprint density at radius 1 is 1.07 bits per heavy atom. The van der Waals surface area contributed by atoms with Crippen LogP contribution in [0.4, 0.5) is 18.9 Å². The molecule has 28 heavy (non-hydrogen) atoms. The van der Waals surface area contributed by atoms with Crippen LogP contribution in [-0.4, -0.2) is 15.7 Å². The molecule has 0 saturated carbocycles. The zero-order valence-electron chi connectivity index (χ0n) is 14.8. The maximum Gasteiger partial charge on any atom is 0.416 e. The number of hydrogen-bond donors (Lipinski definition) is 1. The Kier molecular flexibility index (Phi) is 5.30. The van der Waals surface area contributed by atoms with Crippen LogP contribution in [0.2, 0.25) is 0 Å². The minimum absolute atomic E-state index is 0.0212. The van der Waals surface area contributed by atoms with Gasteiger partial charge in [-0.05, 0) is 42.8 Å². The summed E-state index contributed by atoms with van der Waals surface area (Å²) in [5.41, 5.74) is 0.488. The summed E-state index contributed by atoms with van der Waals surface area (Å²) in [5.74, 6) is -0.526. The smallest absolute Gasteiger partial charge is 0.321 e. The van der Waals surface area contributed by atoms with Gasteiger partial charge in [0.1, 0.15) is 5.69 Å². The second-order valence-electron chi connectivity index (χ2n) is 6.23. The lowest BCUT2D eigenvalue weighted by atomic mass is 10.1. The Morgan fingerprint density at radius 3 is 2.46 bits per heavy atom. The van der Waals surface area contributed by atoms with Crippen LogP contribution in [0.15, 0.2) is 65.5 Å². The van der Waals surface area contributed by atoms with Crippen molar-refractivity contribution in [1.29, 1.82) is 0 Å². The number of halogens is 3. The van der Waals surface area contributed by atoms with Gasteiger partial charge in [-0.3, -0.25) is 9.59 Å². The maximum atomic E-state index is 12.9. The summed E-state index contributed by atoms with van der Waals surface area (Å²) in [5, 5.41) is 6.64. The molecule has 1 heterocycles. The largest absolute Gasteiger partial charge is 0.416 e. The summed E-state index contributed by atoms with van der Waals surface area (Å²) in [6.45, 7) is 1.73. The Bertz CT molecular complexity index is 1060. The third kappa shape index (κ3) is 4.64. The molecule has 1 amide bonds. The lowest BCUT2D eigenvalue weighted by molar-refractivity contribution is -0.137. The average Bonchev–Trinajstić information content (AvgIpc) is 2.65. The van der Waals surface area contributed by atoms with E-state index in [0.29, 0.717) is 5.69 Å². The van der Waals surface area contributed by atoms with Crippen LogP contribution in [0, 0.1) is 6.92 Å². The first-order valence-corrected chi connectivity index (χ1v) is 8.35. The quantitative estimate of drug-likeness (QED) is 0.739. The fourth-order valence-electron chi connectivity index (χ4n) is 2.53. The number of rotatable bonds is 4. The van der Waals surface area contributed by atoms with Crippen LogP contribution in [-0.2, 0) is 12.7 Å². The Labute approximate surface area is 158 Å².